The molecule has 2 amide bonds. The van der Waals surface area contributed by atoms with Crippen molar-refractivity contribution in [2.75, 3.05) is 17.2 Å². The average Bonchev–Trinajstić information content (AvgIpc) is 2.20. The lowest BCUT2D eigenvalue weighted by Gasteiger charge is -2.06. The molecular formula is C11H14N2O3. The highest BCUT2D eigenvalue weighted by atomic mass is 16.5. The molecule has 1 aromatic rings. The Morgan fingerprint density at radius 1 is 1.12 bits per heavy atom. The van der Waals surface area contributed by atoms with Crippen LogP contribution in [0.5, 0.6) is 0 Å². The fourth-order valence-corrected chi connectivity index (χ4v) is 1.13. The molecular weight excluding hydrogens is 208 g/mol. The van der Waals surface area contributed by atoms with E-state index in [-0.39, 0.29) is 5.91 Å². The normalized spacial score (nSPS) is 9.38. The number of hydrogen-bond acceptors (Lipinski definition) is 3. The second kappa shape index (κ2) is 5.75. The van der Waals surface area contributed by atoms with Gasteiger partial charge in [0.25, 0.3) is 0 Å². The smallest absolute Gasteiger partial charge is 0.411 e. The van der Waals surface area contributed by atoms with E-state index >= 15 is 0 Å². The molecule has 0 saturated heterocycles. The maximum absolute atomic E-state index is 11.1. The zero-order chi connectivity index (χ0) is 12.0. The van der Waals surface area contributed by atoms with Gasteiger partial charge in [-0.25, -0.2) is 4.79 Å². The Morgan fingerprint density at radius 2 is 1.62 bits per heavy atom. The first kappa shape index (κ1) is 12.0. The van der Waals surface area contributed by atoms with Gasteiger partial charge in [-0.15, -0.1) is 0 Å². The minimum absolute atomic E-state index is 0.133. The van der Waals surface area contributed by atoms with Crippen LogP contribution in [0.1, 0.15) is 13.8 Å². The Morgan fingerprint density at radius 3 is 2.06 bits per heavy atom. The molecule has 0 unspecified atom stereocenters. The van der Waals surface area contributed by atoms with Crippen LogP contribution in [0, 0.1) is 0 Å². The predicted octanol–water partition coefficient (Wildman–Crippen LogP) is 2.21. The fraction of sp³-hybridized carbons (Fsp3) is 0.273. The van der Waals surface area contributed by atoms with Crippen LogP contribution in [0.15, 0.2) is 24.3 Å². The molecule has 1 aromatic carbocycles. The molecule has 0 aliphatic heterocycles. The van der Waals surface area contributed by atoms with Gasteiger partial charge in [-0.2, -0.15) is 0 Å². The molecule has 86 valence electrons. The summed E-state index contributed by atoms with van der Waals surface area (Å²) in [4.78, 5) is 21.8. The van der Waals surface area contributed by atoms with E-state index in [2.05, 4.69) is 10.6 Å². The molecule has 0 fully saturated rings. The van der Waals surface area contributed by atoms with Crippen LogP contribution in [0.3, 0.4) is 0 Å². The van der Waals surface area contributed by atoms with E-state index in [4.69, 9.17) is 4.74 Å². The number of hydrogen-bond donors (Lipinski definition) is 2. The van der Waals surface area contributed by atoms with Crippen LogP contribution in [0.4, 0.5) is 16.2 Å². The number of carbonyl (C=O) groups is 2. The minimum atomic E-state index is -0.491. The van der Waals surface area contributed by atoms with Crippen molar-refractivity contribution in [2.45, 2.75) is 13.8 Å². The molecule has 0 heterocycles. The SMILES string of the molecule is CCOC(=O)Nc1ccc(NC(C)=O)cc1. The lowest BCUT2D eigenvalue weighted by molar-refractivity contribution is -0.114. The lowest BCUT2D eigenvalue weighted by Crippen LogP contribution is -2.13. The summed E-state index contributed by atoms with van der Waals surface area (Å²) < 4.78 is 4.72. The van der Waals surface area contributed by atoms with Crippen molar-refractivity contribution in [1.82, 2.24) is 0 Å². The predicted molar refractivity (Wildman–Crippen MR) is 61.4 cm³/mol. The first-order valence-electron chi connectivity index (χ1n) is 4.93. The van der Waals surface area contributed by atoms with Crippen molar-refractivity contribution < 1.29 is 14.3 Å². The second-order valence-corrected chi connectivity index (χ2v) is 3.10. The van der Waals surface area contributed by atoms with E-state index in [0.29, 0.717) is 18.0 Å². The first-order chi connectivity index (χ1) is 7.61. The van der Waals surface area contributed by atoms with Gasteiger partial charge in [-0.05, 0) is 31.2 Å². The van der Waals surface area contributed by atoms with Crippen LogP contribution in [-0.4, -0.2) is 18.6 Å². The number of benzene rings is 1. The van der Waals surface area contributed by atoms with Crippen molar-refractivity contribution in [3.63, 3.8) is 0 Å². The van der Waals surface area contributed by atoms with Crippen molar-refractivity contribution in [1.29, 1.82) is 0 Å². The van der Waals surface area contributed by atoms with Crippen LogP contribution in [0.25, 0.3) is 0 Å². The van der Waals surface area contributed by atoms with Crippen molar-refractivity contribution >= 4 is 23.4 Å². The Hall–Kier alpha value is -2.04. The third-order valence-corrected chi connectivity index (χ3v) is 1.73. The molecule has 0 radical (unpaired) electrons. The maximum Gasteiger partial charge on any atom is 0.411 e. The van der Waals surface area contributed by atoms with Crippen molar-refractivity contribution in [2.24, 2.45) is 0 Å². The van der Waals surface area contributed by atoms with E-state index in [9.17, 15) is 9.59 Å². The Bertz CT molecular complexity index is 373. The zero-order valence-corrected chi connectivity index (χ0v) is 9.24. The summed E-state index contributed by atoms with van der Waals surface area (Å²) in [6.07, 6.45) is -0.491. The lowest BCUT2D eigenvalue weighted by atomic mass is 10.3. The molecule has 0 aliphatic rings. The summed E-state index contributed by atoms with van der Waals surface area (Å²) >= 11 is 0. The van der Waals surface area contributed by atoms with Gasteiger partial charge in [0, 0.05) is 18.3 Å². The highest BCUT2D eigenvalue weighted by Gasteiger charge is 2.01. The van der Waals surface area contributed by atoms with Gasteiger partial charge in [0.2, 0.25) is 5.91 Å². The maximum atomic E-state index is 11.1. The molecule has 2 N–H and O–H groups in total. The number of anilines is 2. The van der Waals surface area contributed by atoms with E-state index < -0.39 is 6.09 Å². The third-order valence-electron chi connectivity index (χ3n) is 1.73. The Labute approximate surface area is 93.8 Å². The highest BCUT2D eigenvalue weighted by Crippen LogP contribution is 2.13. The summed E-state index contributed by atoms with van der Waals surface area (Å²) in [5, 5.41) is 5.18. The molecule has 1 rings (SSSR count). The minimum Gasteiger partial charge on any atom is -0.450 e. The van der Waals surface area contributed by atoms with Crippen LogP contribution >= 0.6 is 0 Å². The molecule has 0 aliphatic carbocycles. The summed E-state index contributed by atoms with van der Waals surface area (Å²) in [6, 6.07) is 6.76. The van der Waals surface area contributed by atoms with Gasteiger partial charge in [0.15, 0.2) is 0 Å². The Kier molecular flexibility index (Phi) is 4.32. The van der Waals surface area contributed by atoms with E-state index in [1.807, 2.05) is 0 Å². The number of rotatable bonds is 3. The van der Waals surface area contributed by atoms with E-state index in [0.717, 1.165) is 0 Å². The van der Waals surface area contributed by atoms with Crippen LogP contribution < -0.4 is 10.6 Å². The molecule has 5 nitrogen and oxygen atoms in total. The largest absolute Gasteiger partial charge is 0.450 e. The van der Waals surface area contributed by atoms with Gasteiger partial charge in [0.05, 0.1) is 6.61 Å². The average molecular weight is 222 g/mol. The molecule has 0 spiro atoms. The summed E-state index contributed by atoms with van der Waals surface area (Å²) in [5.74, 6) is -0.133. The molecule has 0 bridgehead atoms. The van der Waals surface area contributed by atoms with Gasteiger partial charge in [-0.3, -0.25) is 10.1 Å². The quantitative estimate of drug-likeness (QED) is 0.823. The number of nitrogens with one attached hydrogen (secondary N) is 2. The molecule has 0 aromatic heterocycles. The van der Waals surface area contributed by atoms with Crippen LogP contribution in [0.2, 0.25) is 0 Å². The monoisotopic (exact) mass is 222 g/mol. The van der Waals surface area contributed by atoms with Crippen LogP contribution in [-0.2, 0) is 9.53 Å². The van der Waals surface area contributed by atoms with Crippen molar-refractivity contribution in [3.05, 3.63) is 24.3 Å². The molecule has 5 heteroatoms. The van der Waals surface area contributed by atoms with Crippen molar-refractivity contribution in [3.8, 4) is 0 Å². The second-order valence-electron chi connectivity index (χ2n) is 3.10. The first-order valence-corrected chi connectivity index (χ1v) is 4.93. The summed E-state index contributed by atoms with van der Waals surface area (Å²) in [7, 11) is 0. The van der Waals surface area contributed by atoms with Gasteiger partial charge in [0.1, 0.15) is 0 Å². The van der Waals surface area contributed by atoms with Gasteiger partial charge < -0.3 is 10.1 Å². The number of ether oxygens (including phenoxy) is 1. The Balaban J connectivity index is 2.57. The van der Waals surface area contributed by atoms with Gasteiger partial charge >= 0.3 is 6.09 Å². The summed E-state index contributed by atoms with van der Waals surface area (Å²) in [6.45, 7) is 3.50. The molecule has 0 atom stereocenters. The highest BCUT2D eigenvalue weighted by molar-refractivity contribution is 5.89. The fourth-order valence-electron chi connectivity index (χ4n) is 1.13. The molecule has 16 heavy (non-hydrogen) atoms. The molecule has 0 saturated carbocycles. The number of amides is 2. The number of carbonyl (C=O) groups excluding carboxylic acids is 2. The van der Waals surface area contributed by atoms with Gasteiger partial charge in [-0.1, -0.05) is 0 Å². The van der Waals surface area contributed by atoms with E-state index in [1.54, 1.807) is 31.2 Å². The van der Waals surface area contributed by atoms with E-state index in [1.165, 1.54) is 6.92 Å². The topological polar surface area (TPSA) is 67.4 Å². The third kappa shape index (κ3) is 4.00. The zero-order valence-electron chi connectivity index (χ0n) is 9.24. The standard InChI is InChI=1S/C11H14N2O3/c1-3-16-11(15)13-10-6-4-9(5-7-10)12-8(2)14/h4-7H,3H2,1-2H3,(H,12,14)(H,13,15). The summed E-state index contributed by atoms with van der Waals surface area (Å²) in [5.41, 5.74) is 1.30.